The highest BCUT2D eigenvalue weighted by Crippen LogP contribution is 2.33. The summed E-state index contributed by atoms with van der Waals surface area (Å²) in [5, 5.41) is 8.33. The van der Waals surface area contributed by atoms with Crippen LogP contribution < -0.4 is 25.8 Å². The molecule has 4 N–H and O–H groups in total. The van der Waals surface area contributed by atoms with E-state index in [0.717, 1.165) is 91.0 Å². The van der Waals surface area contributed by atoms with Crippen LogP contribution in [-0.4, -0.2) is 152 Å². The van der Waals surface area contributed by atoms with Gasteiger partial charge in [-0.2, -0.15) is 4.99 Å². The number of carbonyl (C=O) groups excluding carboxylic acids is 2. The van der Waals surface area contributed by atoms with Crippen molar-refractivity contribution in [1.29, 1.82) is 0 Å². The minimum atomic E-state index is -0.407. The smallest absolute Gasteiger partial charge is 0.208 e. The molecule has 0 atom stereocenters. The van der Waals surface area contributed by atoms with Gasteiger partial charge in [0.05, 0.1) is 70.6 Å². The summed E-state index contributed by atoms with van der Waals surface area (Å²) in [6.45, 7) is 4.73. The number of fused-ring (bicyclic) bond motifs is 1. The average Bonchev–Trinajstić information content (AvgIpc) is 2.12. The van der Waals surface area contributed by atoms with Gasteiger partial charge >= 0.3 is 0 Å². The third-order valence-corrected chi connectivity index (χ3v) is 15.8. The number of benzene rings is 4. The number of pyridine rings is 4. The van der Waals surface area contributed by atoms with Crippen LogP contribution in [-0.2, 0) is 29.5 Å². The number of aliphatic imine (C=N–C) groups is 1. The molecule has 9 aromatic rings. The zero-order valence-corrected chi connectivity index (χ0v) is 51.8. The summed E-state index contributed by atoms with van der Waals surface area (Å²) in [5.41, 5.74) is 14.6. The van der Waals surface area contributed by atoms with Crippen molar-refractivity contribution >= 4 is 68.7 Å². The van der Waals surface area contributed by atoms with E-state index in [0.29, 0.717) is 83.1 Å². The lowest BCUT2D eigenvalue weighted by molar-refractivity contribution is -0.120. The van der Waals surface area contributed by atoms with E-state index in [2.05, 4.69) is 101 Å². The Morgan fingerprint density at radius 3 is 1.62 bits per heavy atom. The molecule has 0 bridgehead atoms. The molecule has 89 heavy (non-hydrogen) atoms. The molecule has 2 saturated heterocycles. The maximum absolute atomic E-state index is 14.8. The Morgan fingerprint density at radius 2 is 1.11 bits per heavy atom. The molecule has 0 saturated carbocycles. The molecule has 11 rings (SSSR count). The molecule has 0 aliphatic carbocycles. The van der Waals surface area contributed by atoms with Gasteiger partial charge in [0.2, 0.25) is 5.95 Å². The topological polar surface area (TPSA) is 197 Å². The van der Waals surface area contributed by atoms with Crippen molar-refractivity contribution in [2.45, 2.75) is 50.6 Å². The third-order valence-electron chi connectivity index (χ3n) is 15.7. The number of carbonyl (C=O) groups is 2. The monoisotopic (exact) mass is 1220 g/mol. The summed E-state index contributed by atoms with van der Waals surface area (Å²) in [4.78, 5) is 59.4. The molecule has 7 heterocycles. The summed E-state index contributed by atoms with van der Waals surface area (Å²) < 4.78 is 42.0. The van der Waals surface area contributed by atoms with Crippen LogP contribution in [0.25, 0.3) is 33.3 Å². The number of aromatic nitrogens is 6. The maximum atomic E-state index is 14.8. The molecule has 0 unspecified atom stereocenters. The lowest BCUT2D eigenvalue weighted by Crippen LogP contribution is -2.43. The number of likely N-dealkylation sites (tertiary alicyclic amines) is 2. The normalized spacial score (nSPS) is 13.8. The van der Waals surface area contributed by atoms with E-state index in [-0.39, 0.29) is 29.5 Å². The van der Waals surface area contributed by atoms with Gasteiger partial charge in [0.1, 0.15) is 40.3 Å². The van der Waals surface area contributed by atoms with Gasteiger partial charge in [0.15, 0.2) is 11.6 Å². The van der Waals surface area contributed by atoms with E-state index >= 15 is 0 Å². The zero-order valence-electron chi connectivity index (χ0n) is 50.9. The number of imidazole rings is 1. The number of rotatable bonds is 20. The van der Waals surface area contributed by atoms with Crippen molar-refractivity contribution in [2.24, 2.45) is 12.0 Å². The Kier molecular flexibility index (Phi) is 22.5. The minimum absolute atomic E-state index is 0.149. The Bertz CT molecular complexity index is 3890. The Morgan fingerprint density at radius 1 is 0.618 bits per heavy atom. The van der Waals surface area contributed by atoms with E-state index in [1.165, 1.54) is 12.1 Å². The summed E-state index contributed by atoms with van der Waals surface area (Å²) in [6, 6.07) is 36.6. The van der Waals surface area contributed by atoms with E-state index < -0.39 is 5.82 Å². The highest BCUT2D eigenvalue weighted by molar-refractivity contribution is 7.78. The van der Waals surface area contributed by atoms with Crippen molar-refractivity contribution in [3.05, 3.63) is 182 Å². The van der Waals surface area contributed by atoms with Crippen molar-refractivity contribution in [2.75, 3.05) is 90.9 Å². The van der Waals surface area contributed by atoms with Crippen LogP contribution in [0.4, 0.5) is 37.5 Å². The highest BCUT2D eigenvalue weighted by Gasteiger charge is 2.24. The van der Waals surface area contributed by atoms with Crippen LogP contribution in [0.15, 0.2) is 164 Å². The van der Waals surface area contributed by atoms with Crippen LogP contribution in [0.3, 0.4) is 0 Å². The maximum Gasteiger partial charge on any atom is 0.208 e. The molecule has 0 spiro atoms. The number of aryl methyl sites for hydroxylation is 1. The number of piperidine rings is 2. The molecular weight excluding hydrogens is 1150 g/mol. The van der Waals surface area contributed by atoms with Gasteiger partial charge in [-0.3, -0.25) is 39.3 Å². The molecule has 5 aromatic heterocycles. The zero-order chi connectivity index (χ0) is 62.8. The van der Waals surface area contributed by atoms with Gasteiger partial charge in [0, 0.05) is 114 Å². The fraction of sp³-hybridized carbons (Fsp3) is 0.294. The number of nitrogen functional groups attached to an aromatic ring is 1. The number of hydrogen-bond acceptors (Lipinski definition) is 18. The Labute approximate surface area is 523 Å². The van der Waals surface area contributed by atoms with E-state index in [1.807, 2.05) is 85.4 Å². The molecule has 21 heteroatoms. The molecule has 4 aromatic carbocycles. The van der Waals surface area contributed by atoms with Crippen molar-refractivity contribution < 1.29 is 27.8 Å². The number of ether oxygens (including phenoxy) is 2. The van der Waals surface area contributed by atoms with E-state index in [1.54, 1.807) is 79.6 Å². The van der Waals surface area contributed by atoms with Gasteiger partial charge in [-0.05, 0) is 173 Å². The largest absolute Gasteiger partial charge is 0.457 e. The lowest BCUT2D eigenvalue weighted by Gasteiger charge is -2.34. The molecule has 2 aliphatic heterocycles. The Hall–Kier alpha value is -9.21. The predicted octanol–water partition coefficient (Wildman–Crippen LogP) is 12.1. The predicted molar refractivity (Wildman–Crippen MR) is 351 cm³/mol. The van der Waals surface area contributed by atoms with Crippen molar-refractivity contribution in [1.82, 2.24) is 49.1 Å². The van der Waals surface area contributed by atoms with Crippen molar-refractivity contribution in [3.8, 4) is 45.3 Å². The van der Waals surface area contributed by atoms with Crippen LogP contribution in [0.2, 0.25) is 0 Å². The van der Waals surface area contributed by atoms with Crippen LogP contribution in [0, 0.1) is 11.6 Å². The Balaban J connectivity index is 0.000000178. The first-order valence-electron chi connectivity index (χ1n) is 29.4. The number of nitrogens with two attached hydrogens (primary N) is 1. The second kappa shape index (κ2) is 31.1. The van der Waals surface area contributed by atoms with Gasteiger partial charge in [0.25, 0.3) is 0 Å². The molecule has 0 amide bonds. The van der Waals surface area contributed by atoms with Crippen LogP contribution >= 0.6 is 12.2 Å². The SMILES string of the molecule is CN(C)C1CCN(CC(=O)Cc2cc(Oc3ccc4c(c3)nc(Nc3cc(-c5ccncc5)ccc3F)n4C)ccn2)CC1.CNc1ccc(Oc2ccnc(CC(=O)CN3CCC(N(C)C)CC3)c2)cc1N.Fc1ccc(-c2ccncc2)cc1N=C=S. The average molecular weight is 1220 g/mol. The van der Waals surface area contributed by atoms with Crippen LogP contribution in [0.1, 0.15) is 37.1 Å². The van der Waals surface area contributed by atoms with E-state index in [4.69, 9.17) is 20.2 Å². The standard InChI is InChI=1S/C34H36FN7O2.C22H31N5O2.C12H7FN2S/c1-40(2)26-11-16-42(17-12-26)22-27(43)19-25-20-29(10-15-37-25)44-28-5-7-33-32(21-28)39-34(41(33)3)38-31-18-24(4-6-30(31)35)23-8-13-36-14-9-23;1-24-22-5-4-19(14-21(22)23)29-20-6-9-25-16(13-20)12-18(28)15-27-10-7-17(8-11-27)26(2)3;13-11-2-1-10(7-12(11)15-8-16)9-3-5-14-6-4-9/h4-10,13-15,18,20-21,26H,11-12,16-17,19,22H2,1-3H3,(H,38,39);4-6,9,13-14,17,24H,7-8,10-12,15,23H2,1-3H3;1-7H. The molecule has 460 valence electrons. The number of nitrogens with zero attached hydrogens (tertiary/aromatic N) is 11. The summed E-state index contributed by atoms with van der Waals surface area (Å²) in [7, 11) is 12.2. The fourth-order valence-corrected chi connectivity index (χ4v) is 10.8. The van der Waals surface area contributed by atoms with Gasteiger partial charge in [-0.25, -0.2) is 13.8 Å². The first-order chi connectivity index (χ1) is 43.1. The second-order valence-electron chi connectivity index (χ2n) is 22.3. The first kappa shape index (κ1) is 64.3. The number of hydrogen-bond donors (Lipinski definition) is 3. The quantitative estimate of drug-likeness (QED) is 0.0370. The summed E-state index contributed by atoms with van der Waals surface area (Å²) >= 11 is 4.46. The molecule has 18 nitrogen and oxygen atoms in total. The molecular formula is C68H74F2N14O4S. The summed E-state index contributed by atoms with van der Waals surface area (Å²) in [5.74, 6) is 2.53. The van der Waals surface area contributed by atoms with Gasteiger partial charge < -0.3 is 40.2 Å². The third kappa shape index (κ3) is 18.2. The molecule has 2 aliphatic rings. The first-order valence-corrected chi connectivity index (χ1v) is 29.8. The summed E-state index contributed by atoms with van der Waals surface area (Å²) in [6.07, 6.45) is 15.1. The van der Waals surface area contributed by atoms with Gasteiger partial charge in [-0.1, -0.05) is 12.1 Å². The number of isothiocyanates is 1. The second-order valence-corrected chi connectivity index (χ2v) is 22.5. The van der Waals surface area contributed by atoms with Crippen molar-refractivity contribution in [3.63, 3.8) is 0 Å². The number of halogens is 2. The minimum Gasteiger partial charge on any atom is -0.457 e. The lowest BCUT2D eigenvalue weighted by atomic mass is 10.0. The van der Waals surface area contributed by atoms with Crippen LogP contribution in [0.5, 0.6) is 23.0 Å². The fourth-order valence-electron chi connectivity index (χ4n) is 10.7. The number of nitrogens with one attached hydrogen (secondary N) is 2. The number of anilines is 4. The highest BCUT2D eigenvalue weighted by atomic mass is 32.1. The van der Waals surface area contributed by atoms with Gasteiger partial charge in [-0.15, -0.1) is 0 Å². The molecule has 2 fully saturated rings. The number of ketones is 2. The molecule has 0 radical (unpaired) electrons. The number of thiocarbonyl (C=S) groups is 1. The van der Waals surface area contributed by atoms with E-state index in [9.17, 15) is 18.4 Å². The number of Topliss-reactive ketones (excluding diaryl/α,β-unsaturated/α-hetero) is 2.